The molecule has 0 heterocycles. The highest BCUT2D eigenvalue weighted by molar-refractivity contribution is 5.40. The fraction of sp³-hybridized carbons (Fsp3) is 0.400. The van der Waals surface area contributed by atoms with E-state index in [0.29, 0.717) is 0 Å². The Bertz CT molecular complexity index is 312. The van der Waals surface area contributed by atoms with Crippen molar-refractivity contribution >= 4 is 0 Å². The molecule has 0 aliphatic heterocycles. The summed E-state index contributed by atoms with van der Waals surface area (Å²) in [5.74, 6) is 0.848. The normalized spacial score (nSPS) is 20.0. The molecule has 0 saturated carbocycles. The zero-order chi connectivity index (χ0) is 9.26. The molecule has 0 aromatic heterocycles. The van der Waals surface area contributed by atoms with Gasteiger partial charge in [-0.25, -0.2) is 0 Å². The summed E-state index contributed by atoms with van der Waals surface area (Å²) in [6.07, 6.45) is 1.98. The molecule has 1 aliphatic carbocycles. The Labute approximate surface area is 77.3 Å². The lowest BCUT2D eigenvalue weighted by Crippen LogP contribution is -2.13. The summed E-state index contributed by atoms with van der Waals surface area (Å²) in [6.45, 7) is 0. The van der Waals surface area contributed by atoms with Crippen molar-refractivity contribution in [2.24, 2.45) is 0 Å². The Balaban J connectivity index is 2.37. The van der Waals surface area contributed by atoms with Crippen LogP contribution in [-0.2, 0) is 6.42 Å². The largest absolute Gasteiger partial charge is 0.497 e. The zero-order valence-corrected chi connectivity index (χ0v) is 7.58. The van der Waals surface area contributed by atoms with Crippen LogP contribution in [0.3, 0.4) is 0 Å². The number of aryl methyl sites for hydroxylation is 1. The lowest BCUT2D eigenvalue weighted by atomic mass is 10.1. The maximum atomic E-state index is 8.89. The first-order chi connectivity index (χ1) is 6.35. The summed E-state index contributed by atoms with van der Waals surface area (Å²) < 4.78 is 5.12. The Morgan fingerprint density at radius 2 is 2.38 bits per heavy atom. The van der Waals surface area contributed by atoms with Gasteiger partial charge in [0.15, 0.2) is 0 Å². The molecule has 2 rings (SSSR count). The predicted molar refractivity (Wildman–Crippen MR) is 49.0 cm³/mol. The number of fused-ring (bicyclic) bond motifs is 1. The molecule has 1 aromatic rings. The molecule has 1 unspecified atom stereocenters. The van der Waals surface area contributed by atoms with Gasteiger partial charge in [-0.05, 0) is 36.1 Å². The van der Waals surface area contributed by atoms with Crippen molar-refractivity contribution in [2.45, 2.75) is 18.9 Å². The van der Waals surface area contributed by atoms with Crippen molar-refractivity contribution in [1.29, 1.82) is 0 Å². The summed E-state index contributed by atoms with van der Waals surface area (Å²) in [7, 11) is 1.65. The van der Waals surface area contributed by atoms with E-state index in [0.717, 1.165) is 24.2 Å². The second-order valence-corrected chi connectivity index (χ2v) is 3.29. The maximum Gasteiger partial charge on any atom is 0.119 e. The van der Waals surface area contributed by atoms with E-state index in [9.17, 15) is 0 Å². The molecular formula is C10H13NO2. The average molecular weight is 179 g/mol. The highest BCUT2D eigenvalue weighted by Gasteiger charge is 2.21. The first-order valence-electron chi connectivity index (χ1n) is 4.41. The van der Waals surface area contributed by atoms with Crippen molar-refractivity contribution in [3.05, 3.63) is 29.3 Å². The van der Waals surface area contributed by atoms with Crippen molar-refractivity contribution < 1.29 is 9.94 Å². The van der Waals surface area contributed by atoms with Gasteiger partial charge in [0.05, 0.1) is 13.2 Å². The smallest absolute Gasteiger partial charge is 0.119 e. The van der Waals surface area contributed by atoms with E-state index in [1.807, 2.05) is 12.1 Å². The van der Waals surface area contributed by atoms with Crippen molar-refractivity contribution in [3.8, 4) is 5.75 Å². The molecule has 2 N–H and O–H groups in total. The molecule has 1 aliphatic rings. The van der Waals surface area contributed by atoms with Gasteiger partial charge in [-0.15, -0.1) is 0 Å². The fourth-order valence-electron chi connectivity index (χ4n) is 1.84. The number of methoxy groups -OCH3 is 1. The van der Waals surface area contributed by atoms with Gasteiger partial charge in [0.1, 0.15) is 5.75 Å². The van der Waals surface area contributed by atoms with Gasteiger partial charge in [0, 0.05) is 0 Å². The van der Waals surface area contributed by atoms with E-state index in [1.54, 1.807) is 7.11 Å². The quantitative estimate of drug-likeness (QED) is 0.678. The van der Waals surface area contributed by atoms with Crippen LogP contribution in [0, 0.1) is 0 Å². The van der Waals surface area contributed by atoms with E-state index >= 15 is 0 Å². The molecule has 0 spiro atoms. The first-order valence-corrected chi connectivity index (χ1v) is 4.41. The van der Waals surface area contributed by atoms with E-state index in [2.05, 4.69) is 11.5 Å². The third-order valence-corrected chi connectivity index (χ3v) is 2.59. The second-order valence-electron chi connectivity index (χ2n) is 3.29. The standard InChI is InChI=1S/C10H13NO2/c1-13-8-4-2-7-3-5-10(11-12)9(7)6-8/h2,4,6,10-12H,3,5H2,1H3. The Hall–Kier alpha value is -1.06. The third-order valence-electron chi connectivity index (χ3n) is 2.59. The van der Waals surface area contributed by atoms with Crippen molar-refractivity contribution in [1.82, 2.24) is 5.48 Å². The van der Waals surface area contributed by atoms with Gasteiger partial charge < -0.3 is 9.94 Å². The molecule has 3 heteroatoms. The Morgan fingerprint density at radius 3 is 3.08 bits per heavy atom. The molecule has 13 heavy (non-hydrogen) atoms. The van der Waals surface area contributed by atoms with E-state index in [4.69, 9.17) is 9.94 Å². The number of hydrogen-bond acceptors (Lipinski definition) is 3. The summed E-state index contributed by atoms with van der Waals surface area (Å²) in [5.41, 5.74) is 4.77. The van der Waals surface area contributed by atoms with Crippen LogP contribution in [0.2, 0.25) is 0 Å². The minimum Gasteiger partial charge on any atom is -0.497 e. The third kappa shape index (κ3) is 1.41. The van der Waals surface area contributed by atoms with Crippen LogP contribution in [-0.4, -0.2) is 12.3 Å². The minimum absolute atomic E-state index is 0.0742. The number of hydroxylamine groups is 1. The average Bonchev–Trinajstić information content (AvgIpc) is 2.59. The summed E-state index contributed by atoms with van der Waals surface area (Å²) >= 11 is 0. The van der Waals surface area contributed by atoms with Crippen LogP contribution in [0.15, 0.2) is 18.2 Å². The SMILES string of the molecule is COc1ccc2c(c1)C(NO)CC2. The van der Waals surface area contributed by atoms with Crippen molar-refractivity contribution in [3.63, 3.8) is 0 Å². The second kappa shape index (κ2) is 3.36. The summed E-state index contributed by atoms with van der Waals surface area (Å²) in [4.78, 5) is 0. The van der Waals surface area contributed by atoms with Crippen molar-refractivity contribution in [2.75, 3.05) is 7.11 Å². The summed E-state index contributed by atoms with van der Waals surface area (Å²) in [6, 6.07) is 6.07. The minimum atomic E-state index is 0.0742. The highest BCUT2D eigenvalue weighted by atomic mass is 16.5. The van der Waals surface area contributed by atoms with Gasteiger partial charge in [0.2, 0.25) is 0 Å². The monoisotopic (exact) mass is 179 g/mol. The number of nitrogens with one attached hydrogen (secondary N) is 1. The molecule has 3 nitrogen and oxygen atoms in total. The van der Waals surface area contributed by atoms with Crippen LogP contribution in [0.1, 0.15) is 23.6 Å². The van der Waals surface area contributed by atoms with Crippen LogP contribution in [0.25, 0.3) is 0 Å². The molecule has 0 radical (unpaired) electrons. The summed E-state index contributed by atoms with van der Waals surface area (Å²) in [5, 5.41) is 8.89. The number of rotatable bonds is 2. The molecule has 70 valence electrons. The Morgan fingerprint density at radius 1 is 1.54 bits per heavy atom. The van der Waals surface area contributed by atoms with Crippen LogP contribution in [0.5, 0.6) is 5.75 Å². The van der Waals surface area contributed by atoms with Crippen LogP contribution >= 0.6 is 0 Å². The molecular weight excluding hydrogens is 166 g/mol. The first kappa shape index (κ1) is 8.53. The molecule has 1 aromatic carbocycles. The predicted octanol–water partition coefficient (Wildman–Crippen LogP) is 1.66. The van der Waals surface area contributed by atoms with Gasteiger partial charge in [0.25, 0.3) is 0 Å². The van der Waals surface area contributed by atoms with Gasteiger partial charge >= 0.3 is 0 Å². The van der Waals surface area contributed by atoms with E-state index in [-0.39, 0.29) is 6.04 Å². The molecule has 0 saturated heterocycles. The fourth-order valence-corrected chi connectivity index (χ4v) is 1.84. The molecule has 0 bridgehead atoms. The lowest BCUT2D eigenvalue weighted by Gasteiger charge is -2.09. The van der Waals surface area contributed by atoms with E-state index < -0.39 is 0 Å². The van der Waals surface area contributed by atoms with Gasteiger partial charge in [-0.2, -0.15) is 5.48 Å². The lowest BCUT2D eigenvalue weighted by molar-refractivity contribution is 0.126. The number of hydrogen-bond donors (Lipinski definition) is 2. The van der Waals surface area contributed by atoms with Gasteiger partial charge in [-0.3, -0.25) is 0 Å². The topological polar surface area (TPSA) is 41.5 Å². The maximum absolute atomic E-state index is 8.89. The zero-order valence-electron chi connectivity index (χ0n) is 7.58. The van der Waals surface area contributed by atoms with Crippen LogP contribution < -0.4 is 10.2 Å². The highest BCUT2D eigenvalue weighted by Crippen LogP contribution is 2.33. The number of ether oxygens (including phenoxy) is 1. The van der Waals surface area contributed by atoms with E-state index in [1.165, 1.54) is 5.56 Å². The molecule has 0 amide bonds. The van der Waals surface area contributed by atoms with Gasteiger partial charge in [-0.1, -0.05) is 6.07 Å². The Kier molecular flexibility index (Phi) is 2.20. The van der Waals surface area contributed by atoms with Crippen LogP contribution in [0.4, 0.5) is 0 Å². The molecule has 1 atom stereocenters. The number of benzene rings is 1. The molecule has 0 fully saturated rings.